The van der Waals surface area contributed by atoms with Crippen molar-refractivity contribution in [3.05, 3.63) is 11.9 Å². The van der Waals surface area contributed by atoms with Crippen molar-refractivity contribution >= 4 is 17.5 Å². The minimum Gasteiger partial charge on any atom is -0.373 e. The summed E-state index contributed by atoms with van der Waals surface area (Å²) in [5.74, 6) is -0.980. The van der Waals surface area contributed by atoms with E-state index in [1.165, 1.54) is 13.1 Å². The highest BCUT2D eigenvalue weighted by molar-refractivity contribution is 5.80. The van der Waals surface area contributed by atoms with Crippen LogP contribution in [-0.4, -0.2) is 36.0 Å². The average Bonchev–Trinajstić information content (AvgIpc) is 3.26. The lowest BCUT2D eigenvalue weighted by molar-refractivity contribution is -0.144. The summed E-state index contributed by atoms with van der Waals surface area (Å²) < 4.78 is 37.9. The van der Waals surface area contributed by atoms with Crippen LogP contribution in [0.4, 0.5) is 24.8 Å². The van der Waals surface area contributed by atoms with Gasteiger partial charge in [0.1, 0.15) is 11.6 Å². The third kappa shape index (κ3) is 4.47. The van der Waals surface area contributed by atoms with Gasteiger partial charge in [-0.1, -0.05) is 0 Å². The van der Waals surface area contributed by atoms with Crippen LogP contribution in [-0.2, 0) is 11.0 Å². The van der Waals surface area contributed by atoms with Crippen molar-refractivity contribution in [2.45, 2.75) is 19.0 Å². The van der Waals surface area contributed by atoms with Crippen molar-refractivity contribution in [2.24, 2.45) is 5.92 Å². The molecule has 0 aromatic carbocycles. The maximum atomic E-state index is 12.6. The molecule has 1 heterocycles. The molecule has 0 spiro atoms. The van der Waals surface area contributed by atoms with Gasteiger partial charge in [0.15, 0.2) is 0 Å². The number of hydrogen-bond donors (Lipinski definition) is 3. The third-order valence-corrected chi connectivity index (χ3v) is 2.91. The van der Waals surface area contributed by atoms with Crippen LogP contribution in [0.3, 0.4) is 0 Å². The number of amides is 1. The molecule has 0 atom stereocenters. The monoisotopic (exact) mass is 303 g/mol. The molecule has 1 aliphatic rings. The number of hydrogen-bond acceptors (Lipinski definition) is 5. The number of halogens is 3. The zero-order valence-electron chi connectivity index (χ0n) is 11.4. The van der Waals surface area contributed by atoms with E-state index in [-0.39, 0.29) is 30.0 Å². The SMILES string of the molecule is CNc1cc(NCCNC(=O)C2CC2)nc(C(F)(F)F)n1. The number of aromatic nitrogens is 2. The van der Waals surface area contributed by atoms with E-state index in [4.69, 9.17) is 0 Å². The lowest BCUT2D eigenvalue weighted by atomic mass is 10.4. The number of nitrogens with one attached hydrogen (secondary N) is 3. The summed E-state index contributed by atoms with van der Waals surface area (Å²) in [6.07, 6.45) is -2.79. The second kappa shape index (κ2) is 6.15. The first-order valence-electron chi connectivity index (χ1n) is 6.56. The highest BCUT2D eigenvalue weighted by Crippen LogP contribution is 2.29. The molecule has 1 amide bonds. The highest BCUT2D eigenvalue weighted by atomic mass is 19.4. The zero-order valence-corrected chi connectivity index (χ0v) is 11.4. The Balaban J connectivity index is 1.90. The molecule has 0 unspecified atom stereocenters. The van der Waals surface area contributed by atoms with Gasteiger partial charge in [0, 0.05) is 32.1 Å². The van der Waals surface area contributed by atoms with Crippen molar-refractivity contribution in [3.8, 4) is 0 Å². The molecule has 0 saturated heterocycles. The van der Waals surface area contributed by atoms with E-state index in [0.717, 1.165) is 12.8 Å². The summed E-state index contributed by atoms with van der Waals surface area (Å²) >= 11 is 0. The van der Waals surface area contributed by atoms with Gasteiger partial charge in [-0.25, -0.2) is 9.97 Å². The maximum absolute atomic E-state index is 12.6. The van der Waals surface area contributed by atoms with E-state index >= 15 is 0 Å². The fourth-order valence-corrected chi connectivity index (χ4v) is 1.66. The normalized spacial score (nSPS) is 14.7. The van der Waals surface area contributed by atoms with Gasteiger partial charge < -0.3 is 16.0 Å². The Labute approximate surface area is 119 Å². The predicted molar refractivity (Wildman–Crippen MR) is 70.8 cm³/mol. The number of carbonyl (C=O) groups excluding carboxylic acids is 1. The number of nitrogens with zero attached hydrogens (tertiary/aromatic N) is 2. The van der Waals surface area contributed by atoms with Crippen LogP contribution in [0.5, 0.6) is 0 Å². The van der Waals surface area contributed by atoms with Gasteiger partial charge in [-0.05, 0) is 12.8 Å². The Morgan fingerprint density at radius 3 is 2.52 bits per heavy atom. The molecule has 0 bridgehead atoms. The standard InChI is InChI=1S/C12H16F3N5O/c1-16-8-6-9(20-11(19-8)12(13,14)15)17-4-5-18-10(21)7-2-3-7/h6-7H,2-5H2,1H3,(H,18,21)(H2,16,17,19,20). The molecule has 0 aliphatic heterocycles. The quantitative estimate of drug-likeness (QED) is 0.694. The molecular formula is C12H16F3N5O. The molecule has 2 rings (SSSR count). The van der Waals surface area contributed by atoms with Crippen molar-refractivity contribution in [3.63, 3.8) is 0 Å². The van der Waals surface area contributed by atoms with E-state index in [2.05, 4.69) is 25.9 Å². The summed E-state index contributed by atoms with van der Waals surface area (Å²) in [5.41, 5.74) is 0. The summed E-state index contributed by atoms with van der Waals surface area (Å²) in [7, 11) is 1.47. The average molecular weight is 303 g/mol. The minimum absolute atomic E-state index is 0.00798. The molecule has 21 heavy (non-hydrogen) atoms. The molecular weight excluding hydrogens is 287 g/mol. The Morgan fingerprint density at radius 1 is 1.29 bits per heavy atom. The van der Waals surface area contributed by atoms with Crippen LogP contribution >= 0.6 is 0 Å². The third-order valence-electron chi connectivity index (χ3n) is 2.91. The van der Waals surface area contributed by atoms with Gasteiger partial charge in [0.2, 0.25) is 11.7 Å². The van der Waals surface area contributed by atoms with Crippen LogP contribution in [0.2, 0.25) is 0 Å². The van der Waals surface area contributed by atoms with Crippen LogP contribution < -0.4 is 16.0 Å². The first-order valence-corrected chi connectivity index (χ1v) is 6.56. The molecule has 1 saturated carbocycles. The van der Waals surface area contributed by atoms with Crippen molar-refractivity contribution < 1.29 is 18.0 Å². The van der Waals surface area contributed by atoms with Gasteiger partial charge in [0.05, 0.1) is 0 Å². The Morgan fingerprint density at radius 2 is 1.95 bits per heavy atom. The second-order valence-corrected chi connectivity index (χ2v) is 4.70. The maximum Gasteiger partial charge on any atom is 0.451 e. The largest absolute Gasteiger partial charge is 0.451 e. The lowest BCUT2D eigenvalue weighted by Gasteiger charge is -2.11. The van der Waals surface area contributed by atoms with E-state index in [0.29, 0.717) is 6.54 Å². The Bertz CT molecular complexity index is 516. The first kappa shape index (κ1) is 15.3. The molecule has 9 heteroatoms. The van der Waals surface area contributed by atoms with Crippen molar-refractivity contribution in [2.75, 3.05) is 30.8 Å². The Hall–Kier alpha value is -2.06. The number of alkyl halides is 3. The molecule has 1 aromatic rings. The van der Waals surface area contributed by atoms with Crippen LogP contribution in [0.15, 0.2) is 6.07 Å². The predicted octanol–water partition coefficient (Wildman–Crippen LogP) is 1.48. The summed E-state index contributed by atoms with van der Waals surface area (Å²) in [5, 5.41) is 8.00. The van der Waals surface area contributed by atoms with Crippen LogP contribution in [0, 0.1) is 5.92 Å². The second-order valence-electron chi connectivity index (χ2n) is 4.70. The van der Waals surface area contributed by atoms with Gasteiger partial charge in [-0.3, -0.25) is 4.79 Å². The molecule has 6 nitrogen and oxygen atoms in total. The summed E-state index contributed by atoms with van der Waals surface area (Å²) in [6, 6.07) is 1.37. The zero-order chi connectivity index (χ0) is 15.5. The number of carbonyl (C=O) groups is 1. The summed E-state index contributed by atoms with van der Waals surface area (Å²) in [6.45, 7) is 0.617. The van der Waals surface area contributed by atoms with Crippen LogP contribution in [0.25, 0.3) is 0 Å². The fourth-order valence-electron chi connectivity index (χ4n) is 1.66. The van der Waals surface area contributed by atoms with Gasteiger partial charge >= 0.3 is 6.18 Å². The van der Waals surface area contributed by atoms with Crippen molar-refractivity contribution in [1.82, 2.24) is 15.3 Å². The van der Waals surface area contributed by atoms with Crippen LogP contribution in [0.1, 0.15) is 18.7 Å². The van der Waals surface area contributed by atoms with E-state index in [9.17, 15) is 18.0 Å². The van der Waals surface area contributed by atoms with E-state index in [1.54, 1.807) is 0 Å². The van der Waals surface area contributed by atoms with Gasteiger partial charge in [0.25, 0.3) is 0 Å². The van der Waals surface area contributed by atoms with Crippen molar-refractivity contribution in [1.29, 1.82) is 0 Å². The number of anilines is 2. The fraction of sp³-hybridized carbons (Fsp3) is 0.583. The molecule has 1 aromatic heterocycles. The number of rotatable bonds is 6. The topological polar surface area (TPSA) is 78.9 Å². The van der Waals surface area contributed by atoms with E-state index in [1.807, 2.05) is 0 Å². The smallest absolute Gasteiger partial charge is 0.373 e. The molecule has 1 fully saturated rings. The Kier molecular flexibility index (Phi) is 4.49. The van der Waals surface area contributed by atoms with E-state index < -0.39 is 12.0 Å². The molecule has 0 radical (unpaired) electrons. The summed E-state index contributed by atoms with van der Waals surface area (Å²) in [4.78, 5) is 18.2. The minimum atomic E-state index is -4.61. The first-order chi connectivity index (χ1) is 9.90. The van der Waals surface area contributed by atoms with Gasteiger partial charge in [-0.15, -0.1) is 0 Å². The van der Waals surface area contributed by atoms with Gasteiger partial charge in [-0.2, -0.15) is 13.2 Å². The molecule has 116 valence electrons. The lowest BCUT2D eigenvalue weighted by Crippen LogP contribution is -2.30. The highest BCUT2D eigenvalue weighted by Gasteiger charge is 2.35. The molecule has 1 aliphatic carbocycles. The molecule has 3 N–H and O–H groups in total.